The summed E-state index contributed by atoms with van der Waals surface area (Å²) < 4.78 is 1.90. The first kappa shape index (κ1) is 12.5. The maximum absolute atomic E-state index is 12.1. The zero-order valence-electron chi connectivity index (χ0n) is 10.8. The van der Waals surface area contributed by atoms with E-state index in [1.54, 1.807) is 24.5 Å². The van der Waals surface area contributed by atoms with Crippen molar-refractivity contribution in [1.82, 2.24) is 14.8 Å². The van der Waals surface area contributed by atoms with Crippen LogP contribution in [0.25, 0.3) is 0 Å². The van der Waals surface area contributed by atoms with Crippen LogP contribution in [0.3, 0.4) is 0 Å². The lowest BCUT2D eigenvalue weighted by atomic mass is 10.1. The molecule has 0 aliphatic carbocycles. The summed E-state index contributed by atoms with van der Waals surface area (Å²) in [5, 5.41) is 4.45. The van der Waals surface area contributed by atoms with Crippen LogP contribution in [0, 0.1) is 0 Å². The first-order valence-corrected chi connectivity index (χ1v) is 6.23. The molecule has 0 aliphatic heterocycles. The van der Waals surface area contributed by atoms with Crippen molar-refractivity contribution in [1.29, 1.82) is 0 Å². The highest BCUT2D eigenvalue weighted by molar-refractivity contribution is 5.97. The van der Waals surface area contributed by atoms with Crippen molar-refractivity contribution in [2.45, 2.75) is 33.2 Å². The second kappa shape index (κ2) is 5.58. The fraction of sp³-hybridized carbons (Fsp3) is 0.357. The monoisotopic (exact) mass is 243 g/mol. The zero-order valence-corrected chi connectivity index (χ0v) is 10.8. The third-order valence-corrected chi connectivity index (χ3v) is 2.92. The summed E-state index contributed by atoms with van der Waals surface area (Å²) in [4.78, 5) is 16.0. The van der Waals surface area contributed by atoms with Gasteiger partial charge in [0.2, 0.25) is 0 Å². The number of hydrogen-bond donors (Lipinski definition) is 0. The number of aromatic nitrogens is 3. The average Bonchev–Trinajstić information content (AvgIpc) is 2.82. The van der Waals surface area contributed by atoms with Gasteiger partial charge in [-0.3, -0.25) is 14.5 Å². The van der Waals surface area contributed by atoms with Gasteiger partial charge in [-0.15, -0.1) is 0 Å². The van der Waals surface area contributed by atoms with Crippen LogP contribution in [-0.4, -0.2) is 20.5 Å². The molecule has 0 spiro atoms. The van der Waals surface area contributed by atoms with E-state index in [1.807, 2.05) is 17.7 Å². The number of nitrogens with zero attached hydrogens (tertiary/aromatic N) is 3. The lowest BCUT2D eigenvalue weighted by molar-refractivity contribution is 0.0990. The standard InChI is InChI=1S/C14H17N3O/c1-3-12-9-13(17(4-2)16-12)10-14(18)11-5-7-15-8-6-11/h5-9H,3-4,10H2,1-2H3. The van der Waals surface area contributed by atoms with Crippen molar-refractivity contribution < 1.29 is 4.79 Å². The molecule has 0 fully saturated rings. The molecule has 0 unspecified atom stereocenters. The van der Waals surface area contributed by atoms with E-state index < -0.39 is 0 Å². The van der Waals surface area contributed by atoms with Crippen molar-refractivity contribution in [3.05, 3.63) is 47.5 Å². The summed E-state index contributed by atoms with van der Waals surface area (Å²) in [6.07, 6.45) is 4.57. The van der Waals surface area contributed by atoms with Crippen molar-refractivity contribution in [2.75, 3.05) is 0 Å². The number of rotatable bonds is 5. The van der Waals surface area contributed by atoms with Crippen molar-refractivity contribution in [3.63, 3.8) is 0 Å². The minimum atomic E-state index is 0.106. The quantitative estimate of drug-likeness (QED) is 0.757. The molecule has 0 N–H and O–H groups in total. The molecule has 0 aliphatic rings. The van der Waals surface area contributed by atoms with Crippen molar-refractivity contribution in [3.8, 4) is 0 Å². The van der Waals surface area contributed by atoms with Crippen LogP contribution in [-0.2, 0) is 19.4 Å². The summed E-state index contributed by atoms with van der Waals surface area (Å²) >= 11 is 0. The Kier molecular flexibility index (Phi) is 3.87. The maximum atomic E-state index is 12.1. The van der Waals surface area contributed by atoms with Gasteiger partial charge in [0.05, 0.1) is 12.1 Å². The van der Waals surface area contributed by atoms with Gasteiger partial charge in [-0.2, -0.15) is 5.10 Å². The molecule has 4 nitrogen and oxygen atoms in total. The number of carbonyl (C=O) groups is 1. The van der Waals surface area contributed by atoms with Gasteiger partial charge in [-0.05, 0) is 31.5 Å². The predicted molar refractivity (Wildman–Crippen MR) is 69.6 cm³/mol. The topological polar surface area (TPSA) is 47.8 Å². The molecular weight excluding hydrogens is 226 g/mol. The smallest absolute Gasteiger partial charge is 0.168 e. The fourth-order valence-corrected chi connectivity index (χ4v) is 1.91. The Morgan fingerprint density at radius 1 is 1.28 bits per heavy atom. The van der Waals surface area contributed by atoms with E-state index in [-0.39, 0.29) is 5.78 Å². The minimum absolute atomic E-state index is 0.106. The Morgan fingerprint density at radius 2 is 2.00 bits per heavy atom. The van der Waals surface area contributed by atoms with E-state index in [9.17, 15) is 4.79 Å². The van der Waals surface area contributed by atoms with Crippen molar-refractivity contribution in [2.24, 2.45) is 0 Å². The van der Waals surface area contributed by atoms with E-state index in [4.69, 9.17) is 0 Å². The lowest BCUT2D eigenvalue weighted by Gasteiger charge is -2.03. The van der Waals surface area contributed by atoms with Gasteiger partial charge in [0.25, 0.3) is 0 Å². The van der Waals surface area contributed by atoms with E-state index in [1.165, 1.54) is 0 Å². The first-order valence-electron chi connectivity index (χ1n) is 6.23. The maximum Gasteiger partial charge on any atom is 0.168 e. The van der Waals surface area contributed by atoms with E-state index in [0.717, 1.165) is 24.4 Å². The van der Waals surface area contributed by atoms with Gasteiger partial charge < -0.3 is 0 Å². The van der Waals surface area contributed by atoms with Crippen LogP contribution in [0.1, 0.15) is 35.6 Å². The van der Waals surface area contributed by atoms with Crippen molar-refractivity contribution >= 4 is 5.78 Å². The highest BCUT2D eigenvalue weighted by atomic mass is 16.1. The normalized spacial score (nSPS) is 10.6. The molecule has 2 aromatic rings. The zero-order chi connectivity index (χ0) is 13.0. The second-order valence-corrected chi connectivity index (χ2v) is 4.13. The molecule has 18 heavy (non-hydrogen) atoms. The minimum Gasteiger partial charge on any atom is -0.294 e. The summed E-state index contributed by atoms with van der Waals surface area (Å²) in [6.45, 7) is 4.89. The molecule has 94 valence electrons. The number of ketones is 1. The Bertz CT molecular complexity index is 531. The first-order chi connectivity index (χ1) is 8.74. The lowest BCUT2D eigenvalue weighted by Crippen LogP contribution is -2.09. The molecule has 0 amide bonds. The Morgan fingerprint density at radius 3 is 2.61 bits per heavy atom. The van der Waals surface area contributed by atoms with Gasteiger partial charge in [-0.25, -0.2) is 0 Å². The largest absolute Gasteiger partial charge is 0.294 e. The van der Waals surface area contributed by atoms with E-state index >= 15 is 0 Å². The highest BCUT2D eigenvalue weighted by Gasteiger charge is 2.12. The fourth-order valence-electron chi connectivity index (χ4n) is 1.91. The molecule has 0 radical (unpaired) electrons. The Hall–Kier alpha value is -1.97. The molecule has 0 aromatic carbocycles. The number of hydrogen-bond acceptors (Lipinski definition) is 3. The molecule has 4 heteroatoms. The number of Topliss-reactive ketones (excluding diaryl/α,β-unsaturated/α-hetero) is 1. The van der Waals surface area contributed by atoms with Gasteiger partial charge in [0, 0.05) is 30.2 Å². The van der Waals surface area contributed by atoms with Gasteiger partial charge in [0.15, 0.2) is 5.78 Å². The SMILES string of the molecule is CCc1cc(CC(=O)c2ccncc2)n(CC)n1. The highest BCUT2D eigenvalue weighted by Crippen LogP contribution is 2.10. The second-order valence-electron chi connectivity index (χ2n) is 4.13. The molecule has 2 aromatic heterocycles. The van der Waals surface area contributed by atoms with E-state index in [2.05, 4.69) is 17.0 Å². The van der Waals surface area contributed by atoms with Crippen LogP contribution in [0.2, 0.25) is 0 Å². The Balaban J connectivity index is 2.19. The van der Waals surface area contributed by atoms with E-state index in [0.29, 0.717) is 12.0 Å². The Labute approximate surface area is 107 Å². The predicted octanol–water partition coefficient (Wildman–Crippen LogP) is 2.29. The van der Waals surface area contributed by atoms with Crippen LogP contribution >= 0.6 is 0 Å². The number of aryl methyl sites for hydroxylation is 2. The summed E-state index contributed by atoms with van der Waals surface area (Å²) in [5.41, 5.74) is 2.72. The molecule has 0 atom stereocenters. The third kappa shape index (κ3) is 2.64. The van der Waals surface area contributed by atoms with Gasteiger partial charge in [-0.1, -0.05) is 6.92 Å². The molecule has 0 saturated carbocycles. The van der Waals surface area contributed by atoms with Crippen LogP contribution in [0.5, 0.6) is 0 Å². The summed E-state index contributed by atoms with van der Waals surface area (Å²) in [5.74, 6) is 0.106. The van der Waals surface area contributed by atoms with Gasteiger partial charge >= 0.3 is 0 Å². The van der Waals surface area contributed by atoms with Crippen LogP contribution < -0.4 is 0 Å². The van der Waals surface area contributed by atoms with Crippen LogP contribution in [0.15, 0.2) is 30.6 Å². The summed E-state index contributed by atoms with van der Waals surface area (Å²) in [6, 6.07) is 5.51. The van der Waals surface area contributed by atoms with Crippen LogP contribution in [0.4, 0.5) is 0 Å². The molecule has 0 saturated heterocycles. The summed E-state index contributed by atoms with van der Waals surface area (Å²) in [7, 11) is 0. The van der Waals surface area contributed by atoms with Gasteiger partial charge in [0.1, 0.15) is 0 Å². The molecular formula is C14H17N3O. The number of carbonyl (C=O) groups excluding carboxylic acids is 1. The average molecular weight is 243 g/mol. The molecule has 2 heterocycles. The molecule has 2 rings (SSSR count). The third-order valence-electron chi connectivity index (χ3n) is 2.92. The number of pyridine rings is 1. The molecule has 0 bridgehead atoms.